The number of hydrogen-bond donors (Lipinski definition) is 0. The molecule has 6 aromatic carbocycles. The van der Waals surface area contributed by atoms with Gasteiger partial charge in [0.05, 0.1) is 11.0 Å². The Morgan fingerprint density at radius 3 is 1.55 bits per heavy atom. The third-order valence-electron chi connectivity index (χ3n) is 11.8. The van der Waals surface area contributed by atoms with E-state index in [9.17, 15) is 13.2 Å². The van der Waals surface area contributed by atoms with Crippen molar-refractivity contribution in [1.82, 2.24) is 0 Å². The van der Waals surface area contributed by atoms with E-state index in [1.165, 1.54) is 45.8 Å². The Hall–Kier alpha value is -5.94. The fourth-order valence-corrected chi connectivity index (χ4v) is 9.31. The van der Waals surface area contributed by atoms with Gasteiger partial charge in [-0.1, -0.05) is 145 Å². The van der Waals surface area contributed by atoms with Crippen molar-refractivity contribution in [3.63, 3.8) is 0 Å². The molecule has 0 radical (unpaired) electrons. The summed E-state index contributed by atoms with van der Waals surface area (Å²) in [7, 11) is 4.15. The molecule has 2 aliphatic heterocycles. The molecule has 0 unspecified atom stereocenters. The number of likely N-dealkylation sites (N-methyl/N-ethyl adjacent to an activating group) is 1. The van der Waals surface area contributed by atoms with Gasteiger partial charge in [0.25, 0.3) is 0 Å². The summed E-state index contributed by atoms with van der Waals surface area (Å²) in [6, 6.07) is 52.7. The van der Waals surface area contributed by atoms with Crippen molar-refractivity contribution >= 4 is 17.1 Å². The Morgan fingerprint density at radius 1 is 0.589 bits per heavy atom. The van der Waals surface area contributed by atoms with Gasteiger partial charge in [0, 0.05) is 41.6 Å². The predicted molar refractivity (Wildman–Crippen MR) is 223 cm³/mol. The lowest BCUT2D eigenvalue weighted by Gasteiger charge is -2.34. The molecule has 0 atom stereocenters. The van der Waals surface area contributed by atoms with Gasteiger partial charge in [-0.3, -0.25) is 0 Å². The Labute approximate surface area is 328 Å². The molecule has 8 rings (SSSR count). The third-order valence-corrected chi connectivity index (χ3v) is 11.8. The zero-order valence-electron chi connectivity index (χ0n) is 32.1. The van der Waals surface area contributed by atoms with Crippen LogP contribution in [-0.4, -0.2) is 24.4 Å². The minimum Gasteiger partial charge on any atom is -0.347 e. The van der Waals surface area contributed by atoms with Crippen LogP contribution in [0.25, 0.3) is 0 Å². The molecule has 2 nitrogen and oxygen atoms in total. The van der Waals surface area contributed by atoms with Crippen LogP contribution < -0.4 is 4.90 Å². The van der Waals surface area contributed by atoms with Crippen LogP contribution in [0.1, 0.15) is 44.5 Å². The number of allylic oxidation sites excluding steroid dienone is 4. The van der Waals surface area contributed by atoms with E-state index in [0.29, 0.717) is 18.4 Å². The summed E-state index contributed by atoms with van der Waals surface area (Å²) in [5.74, 6) is 0. The lowest BCUT2D eigenvalue weighted by molar-refractivity contribution is -0.401. The van der Waals surface area contributed by atoms with Crippen LogP contribution in [0.2, 0.25) is 0 Å². The van der Waals surface area contributed by atoms with Crippen LogP contribution in [0.5, 0.6) is 0 Å². The first kappa shape index (κ1) is 37.0. The molecule has 5 heteroatoms. The van der Waals surface area contributed by atoms with E-state index in [4.69, 9.17) is 0 Å². The Bertz CT molecular complexity index is 2350. The van der Waals surface area contributed by atoms with Crippen molar-refractivity contribution in [3.8, 4) is 0 Å². The average molecular weight is 744 g/mol. The van der Waals surface area contributed by atoms with E-state index >= 15 is 0 Å². The summed E-state index contributed by atoms with van der Waals surface area (Å²) in [5.41, 5.74) is 10.2. The number of nitrogens with zero attached hydrogens (tertiary/aromatic N) is 2. The molecule has 0 bridgehead atoms. The number of hydrogen-bond acceptors (Lipinski definition) is 1. The molecular formula is C51H46F3N2+. The molecule has 6 aromatic rings. The van der Waals surface area contributed by atoms with Crippen molar-refractivity contribution in [2.75, 3.05) is 19.0 Å². The van der Waals surface area contributed by atoms with Crippen LogP contribution in [0, 0.1) is 6.92 Å². The van der Waals surface area contributed by atoms with Crippen LogP contribution in [0.3, 0.4) is 0 Å². The lowest BCUT2D eigenvalue weighted by Crippen LogP contribution is -2.39. The van der Waals surface area contributed by atoms with Gasteiger partial charge in [-0.25, -0.2) is 0 Å². The number of fused-ring (bicyclic) bond motifs is 2. The van der Waals surface area contributed by atoms with E-state index in [2.05, 4.69) is 145 Å². The maximum absolute atomic E-state index is 14.4. The molecule has 0 spiro atoms. The molecule has 0 aliphatic carbocycles. The largest absolute Gasteiger partial charge is 0.416 e. The average Bonchev–Trinajstić information content (AvgIpc) is 3.55. The summed E-state index contributed by atoms with van der Waals surface area (Å²) in [6.45, 7) is 2.16. The fourth-order valence-electron chi connectivity index (χ4n) is 9.31. The smallest absolute Gasteiger partial charge is 0.347 e. The van der Waals surface area contributed by atoms with E-state index in [-0.39, 0.29) is 5.41 Å². The maximum Gasteiger partial charge on any atom is 0.416 e. The number of alkyl halides is 3. The zero-order chi connectivity index (χ0) is 38.9. The number of halogens is 3. The highest BCUT2D eigenvalue weighted by Gasteiger charge is 2.52. The molecule has 0 aromatic heterocycles. The van der Waals surface area contributed by atoms with Gasteiger partial charge in [0.2, 0.25) is 5.69 Å². The normalized spacial score (nSPS) is 16.5. The molecule has 0 fully saturated rings. The van der Waals surface area contributed by atoms with E-state index in [1.807, 2.05) is 43.4 Å². The van der Waals surface area contributed by atoms with Crippen LogP contribution in [0.4, 0.5) is 24.5 Å². The van der Waals surface area contributed by atoms with Crippen molar-refractivity contribution in [1.29, 1.82) is 0 Å². The molecule has 0 amide bonds. The van der Waals surface area contributed by atoms with E-state index in [0.717, 1.165) is 35.4 Å². The number of aryl methyl sites for hydroxylation is 1. The SMILES string of the molecule is Cc1ccc2c(c1)C(Cc1ccccc1)(Cc1ccccc1)C(=CC=CC1=[N+](C)c3ccc(C(F)(F)F)cc3C1(Cc1ccccc1)Cc1ccccc1)N2C. The molecule has 56 heavy (non-hydrogen) atoms. The molecule has 0 saturated heterocycles. The topological polar surface area (TPSA) is 6.25 Å². The number of anilines is 1. The standard InChI is InChI=1S/C51H46F3N2/c1-37-27-29-45-43(31-37)49(33-38-17-8-4-9-18-38,34-39-19-10-5-11-20-39)47(55(45)2)25-16-26-48-50(35-40-21-12-6-13-22-40,36-41-23-14-7-15-24-41)44-32-42(51(52,53)54)28-30-46(44)56(48)3/h4-32H,33-36H2,1-3H3/q+1. The van der Waals surface area contributed by atoms with Crippen molar-refractivity contribution < 1.29 is 17.7 Å². The highest BCUT2D eigenvalue weighted by Crippen LogP contribution is 2.52. The minimum absolute atomic E-state index is 0.384. The van der Waals surface area contributed by atoms with Crippen LogP contribution in [0.15, 0.2) is 182 Å². The summed E-state index contributed by atoms with van der Waals surface area (Å²) in [4.78, 5) is 2.33. The van der Waals surface area contributed by atoms with Gasteiger partial charge in [-0.2, -0.15) is 17.7 Å². The van der Waals surface area contributed by atoms with Crippen LogP contribution in [-0.2, 0) is 42.7 Å². The van der Waals surface area contributed by atoms with Gasteiger partial charge in [0.15, 0.2) is 5.71 Å². The molecule has 280 valence electrons. The van der Waals surface area contributed by atoms with Gasteiger partial charge < -0.3 is 4.90 Å². The lowest BCUT2D eigenvalue weighted by atomic mass is 9.68. The maximum atomic E-state index is 14.4. The van der Waals surface area contributed by atoms with E-state index < -0.39 is 17.2 Å². The first-order valence-electron chi connectivity index (χ1n) is 19.3. The van der Waals surface area contributed by atoms with Gasteiger partial charge in [-0.05, 0) is 84.7 Å². The first-order valence-corrected chi connectivity index (χ1v) is 19.3. The summed E-state index contributed by atoms with van der Waals surface area (Å²) >= 11 is 0. The van der Waals surface area contributed by atoms with Gasteiger partial charge >= 0.3 is 6.18 Å². The highest BCUT2D eigenvalue weighted by molar-refractivity contribution is 6.04. The van der Waals surface area contributed by atoms with Crippen LogP contribution >= 0.6 is 0 Å². The zero-order valence-corrected chi connectivity index (χ0v) is 32.1. The second kappa shape index (κ2) is 15.0. The molecule has 2 heterocycles. The third kappa shape index (κ3) is 6.92. The molecule has 0 saturated carbocycles. The highest BCUT2D eigenvalue weighted by atomic mass is 19.4. The first-order chi connectivity index (χ1) is 27.1. The number of rotatable bonds is 10. The fraction of sp³-hybridized carbons (Fsp3) is 0.196. The van der Waals surface area contributed by atoms with Crippen molar-refractivity contribution in [3.05, 3.63) is 226 Å². The summed E-state index contributed by atoms with van der Waals surface area (Å²) in [6.07, 6.45) is 4.76. The molecule has 2 aliphatic rings. The van der Waals surface area contributed by atoms with Crippen molar-refractivity contribution in [2.24, 2.45) is 0 Å². The molecule has 0 N–H and O–H groups in total. The Morgan fingerprint density at radius 2 is 1.07 bits per heavy atom. The quantitative estimate of drug-likeness (QED) is 0.127. The van der Waals surface area contributed by atoms with Crippen molar-refractivity contribution in [2.45, 2.75) is 49.6 Å². The van der Waals surface area contributed by atoms with E-state index in [1.54, 1.807) is 6.07 Å². The monoisotopic (exact) mass is 743 g/mol. The Kier molecular flexibility index (Phi) is 9.88. The predicted octanol–water partition coefficient (Wildman–Crippen LogP) is 11.8. The van der Waals surface area contributed by atoms with Gasteiger partial charge in [-0.15, -0.1) is 0 Å². The summed E-state index contributed by atoms with van der Waals surface area (Å²) in [5, 5.41) is 0. The second-order valence-corrected chi connectivity index (χ2v) is 15.5. The summed E-state index contributed by atoms with van der Waals surface area (Å²) < 4.78 is 45.4. The number of benzene rings is 6. The Balaban J connectivity index is 1.32. The molecular weight excluding hydrogens is 698 g/mol. The van der Waals surface area contributed by atoms with Gasteiger partial charge in [0.1, 0.15) is 7.05 Å². The second-order valence-electron chi connectivity index (χ2n) is 15.5. The minimum atomic E-state index is -4.47.